The van der Waals surface area contributed by atoms with E-state index in [0.29, 0.717) is 24.4 Å². The summed E-state index contributed by atoms with van der Waals surface area (Å²) in [6.07, 6.45) is -4.60. The van der Waals surface area contributed by atoms with Crippen molar-refractivity contribution in [2.75, 3.05) is 0 Å². The van der Waals surface area contributed by atoms with Crippen molar-refractivity contribution in [1.82, 2.24) is 15.1 Å². The number of aromatic nitrogens is 2. The number of carbonyl (C=O) groups is 1. The summed E-state index contributed by atoms with van der Waals surface area (Å²) in [7, 11) is 0. The molecule has 0 bridgehead atoms. The Balaban J connectivity index is 1.76. The minimum atomic E-state index is -4.60. The molecule has 1 heterocycles. The molecule has 3 rings (SSSR count). The van der Waals surface area contributed by atoms with Crippen molar-refractivity contribution in [1.29, 1.82) is 0 Å². The average Bonchev–Trinajstić information content (AvgIpc) is 3.03. The van der Waals surface area contributed by atoms with E-state index in [1.165, 1.54) is 6.07 Å². The number of hydrogen-bond donors (Lipinski definition) is 1. The minimum Gasteiger partial charge on any atom is -0.434 e. The predicted octanol–water partition coefficient (Wildman–Crippen LogP) is 6.07. The van der Waals surface area contributed by atoms with E-state index in [4.69, 9.17) is 27.9 Å². The highest BCUT2D eigenvalue weighted by molar-refractivity contribution is 6.37. The van der Waals surface area contributed by atoms with Gasteiger partial charge in [-0.2, -0.15) is 17.9 Å². The number of aryl methyl sites for hydroxylation is 1. The molecule has 0 saturated carbocycles. The molecule has 0 aliphatic heterocycles. The van der Waals surface area contributed by atoms with Gasteiger partial charge in [-0.25, -0.2) is 4.79 Å². The van der Waals surface area contributed by atoms with Crippen molar-refractivity contribution in [3.63, 3.8) is 0 Å². The Bertz CT molecular complexity index is 1010. The summed E-state index contributed by atoms with van der Waals surface area (Å²) in [5, 5.41) is 6.07. The summed E-state index contributed by atoms with van der Waals surface area (Å²) in [4.78, 5) is 12.4. The normalized spacial score (nSPS) is 11.4. The molecule has 2 aromatic carbocycles. The van der Waals surface area contributed by atoms with Crippen LogP contribution in [0.15, 0.2) is 48.5 Å². The third kappa shape index (κ3) is 5.02. The van der Waals surface area contributed by atoms with Crippen LogP contribution < -0.4 is 10.1 Å². The van der Waals surface area contributed by atoms with Crippen molar-refractivity contribution in [2.45, 2.75) is 19.6 Å². The van der Waals surface area contributed by atoms with Gasteiger partial charge in [0.1, 0.15) is 0 Å². The topological polar surface area (TPSA) is 56.2 Å². The molecule has 0 aliphatic rings. The van der Waals surface area contributed by atoms with Gasteiger partial charge in [0.05, 0.1) is 21.3 Å². The Morgan fingerprint density at radius 2 is 1.76 bits per heavy atom. The number of ether oxygens (including phenoxy) is 1. The third-order valence-corrected chi connectivity index (χ3v) is 4.44. The smallest absolute Gasteiger partial charge is 0.416 e. The number of benzene rings is 2. The van der Waals surface area contributed by atoms with E-state index in [2.05, 4.69) is 10.4 Å². The van der Waals surface area contributed by atoms with Crippen LogP contribution in [0.5, 0.6) is 11.6 Å². The summed E-state index contributed by atoms with van der Waals surface area (Å²) < 4.78 is 45.0. The van der Waals surface area contributed by atoms with Gasteiger partial charge in [-0.1, -0.05) is 53.5 Å². The third-order valence-electron chi connectivity index (χ3n) is 3.88. The van der Waals surface area contributed by atoms with E-state index in [1.807, 2.05) is 30.3 Å². The zero-order valence-corrected chi connectivity index (χ0v) is 16.4. The second-order valence-electron chi connectivity index (χ2n) is 6.05. The summed E-state index contributed by atoms with van der Waals surface area (Å²) in [5.74, 6) is -0.225. The van der Waals surface area contributed by atoms with Gasteiger partial charge in [-0.05, 0) is 24.6 Å². The molecule has 0 spiro atoms. The SMILES string of the molecule is Cc1cc(Oc2c(Cl)cc(C(F)(F)F)cc2Cl)nn1C(=O)NCc1ccccc1. The summed E-state index contributed by atoms with van der Waals surface area (Å²) >= 11 is 11.8. The molecule has 29 heavy (non-hydrogen) atoms. The monoisotopic (exact) mass is 443 g/mol. The van der Waals surface area contributed by atoms with E-state index >= 15 is 0 Å². The maximum Gasteiger partial charge on any atom is 0.416 e. The lowest BCUT2D eigenvalue weighted by Gasteiger charge is -2.11. The zero-order chi connectivity index (χ0) is 21.2. The molecular weight excluding hydrogens is 430 g/mol. The number of alkyl halides is 3. The lowest BCUT2D eigenvalue weighted by atomic mass is 10.2. The molecule has 152 valence electrons. The summed E-state index contributed by atoms with van der Waals surface area (Å²) in [6, 6.07) is 11.6. The Hall–Kier alpha value is -2.71. The zero-order valence-electron chi connectivity index (χ0n) is 14.9. The number of rotatable bonds is 4. The van der Waals surface area contributed by atoms with Crippen LogP contribution in [0.25, 0.3) is 0 Å². The minimum absolute atomic E-state index is 0.0408. The second-order valence-corrected chi connectivity index (χ2v) is 6.86. The summed E-state index contributed by atoms with van der Waals surface area (Å²) in [5.41, 5.74) is 0.358. The number of hydrogen-bond acceptors (Lipinski definition) is 3. The van der Waals surface area contributed by atoms with Crippen molar-refractivity contribution in [3.8, 4) is 11.6 Å². The van der Waals surface area contributed by atoms with Crippen LogP contribution in [-0.4, -0.2) is 15.8 Å². The van der Waals surface area contributed by atoms with Crippen LogP contribution >= 0.6 is 23.2 Å². The molecule has 0 atom stereocenters. The van der Waals surface area contributed by atoms with Crippen molar-refractivity contribution in [3.05, 3.63) is 75.4 Å². The lowest BCUT2D eigenvalue weighted by molar-refractivity contribution is -0.137. The lowest BCUT2D eigenvalue weighted by Crippen LogP contribution is -2.29. The van der Waals surface area contributed by atoms with E-state index < -0.39 is 17.8 Å². The van der Waals surface area contributed by atoms with Crippen LogP contribution in [-0.2, 0) is 12.7 Å². The molecule has 1 N–H and O–H groups in total. The number of nitrogens with zero attached hydrogens (tertiary/aromatic N) is 2. The van der Waals surface area contributed by atoms with Crippen molar-refractivity contribution >= 4 is 29.2 Å². The van der Waals surface area contributed by atoms with Crippen LogP contribution in [0, 0.1) is 6.92 Å². The summed E-state index contributed by atoms with van der Waals surface area (Å²) in [6.45, 7) is 1.92. The standard InChI is InChI=1S/C19H14Cl2F3N3O2/c1-11-7-16(26-27(11)18(28)25-10-12-5-3-2-4-6-12)29-17-14(20)8-13(9-15(17)21)19(22,23)24/h2-9H,10H2,1H3,(H,25,28). The first-order valence-electron chi connectivity index (χ1n) is 8.28. The number of carbonyl (C=O) groups excluding carboxylic acids is 1. The molecule has 0 unspecified atom stereocenters. The molecule has 1 amide bonds. The van der Waals surface area contributed by atoms with E-state index in [0.717, 1.165) is 10.2 Å². The first-order chi connectivity index (χ1) is 13.6. The van der Waals surface area contributed by atoms with Crippen LogP contribution in [0.1, 0.15) is 16.8 Å². The average molecular weight is 444 g/mol. The van der Waals surface area contributed by atoms with Gasteiger partial charge in [0.25, 0.3) is 0 Å². The van der Waals surface area contributed by atoms with Gasteiger partial charge in [0.2, 0.25) is 5.88 Å². The molecule has 0 saturated heterocycles. The molecule has 0 fully saturated rings. The van der Waals surface area contributed by atoms with Crippen LogP contribution in [0.3, 0.4) is 0 Å². The first kappa shape index (κ1) is 21.0. The molecule has 0 aliphatic carbocycles. The van der Waals surface area contributed by atoms with Crippen LogP contribution in [0.4, 0.5) is 18.0 Å². The fraction of sp³-hybridized carbons (Fsp3) is 0.158. The van der Waals surface area contributed by atoms with E-state index in [1.54, 1.807) is 6.92 Å². The molecular formula is C19H14Cl2F3N3O2. The highest BCUT2D eigenvalue weighted by Crippen LogP contribution is 2.41. The molecule has 0 radical (unpaired) electrons. The maximum absolute atomic E-state index is 12.8. The second kappa shape index (κ2) is 8.34. The van der Waals surface area contributed by atoms with Crippen molar-refractivity contribution in [2.24, 2.45) is 0 Å². The number of amides is 1. The Morgan fingerprint density at radius 1 is 1.14 bits per heavy atom. The first-order valence-corrected chi connectivity index (χ1v) is 9.03. The maximum atomic E-state index is 12.8. The molecule has 1 aromatic heterocycles. The molecule has 5 nitrogen and oxygen atoms in total. The Kier molecular flexibility index (Phi) is 6.04. The Morgan fingerprint density at radius 3 is 2.34 bits per heavy atom. The van der Waals surface area contributed by atoms with Gasteiger partial charge in [-0.3, -0.25) is 0 Å². The van der Waals surface area contributed by atoms with Crippen LogP contribution in [0.2, 0.25) is 10.0 Å². The quantitative estimate of drug-likeness (QED) is 0.532. The fourth-order valence-corrected chi connectivity index (χ4v) is 3.04. The number of nitrogens with one attached hydrogen (secondary N) is 1. The van der Waals surface area contributed by atoms with Gasteiger partial charge < -0.3 is 10.1 Å². The largest absolute Gasteiger partial charge is 0.434 e. The van der Waals surface area contributed by atoms with E-state index in [-0.39, 0.29) is 21.7 Å². The van der Waals surface area contributed by atoms with E-state index in [9.17, 15) is 18.0 Å². The number of halogens is 5. The highest BCUT2D eigenvalue weighted by atomic mass is 35.5. The van der Waals surface area contributed by atoms with Gasteiger partial charge in [0.15, 0.2) is 5.75 Å². The molecule has 3 aromatic rings. The van der Waals surface area contributed by atoms with Crippen molar-refractivity contribution < 1.29 is 22.7 Å². The fourth-order valence-electron chi connectivity index (χ4n) is 2.48. The van der Waals surface area contributed by atoms with Gasteiger partial charge >= 0.3 is 12.2 Å². The van der Waals surface area contributed by atoms with Gasteiger partial charge in [-0.15, -0.1) is 5.10 Å². The molecule has 10 heteroatoms. The highest BCUT2D eigenvalue weighted by Gasteiger charge is 2.32. The predicted molar refractivity (Wildman–Crippen MR) is 103 cm³/mol. The Labute approximate surface area is 174 Å². The van der Waals surface area contributed by atoms with Gasteiger partial charge in [0, 0.05) is 12.6 Å².